The molecular weight excluding hydrogens is 350 g/mol. The van der Waals surface area contributed by atoms with Gasteiger partial charge in [0.2, 0.25) is 0 Å². The fraction of sp³-hybridized carbons (Fsp3) is 0.0952. The first-order valence-electron chi connectivity index (χ1n) is 8.95. The molecule has 0 fully saturated rings. The minimum absolute atomic E-state index is 0.734. The summed E-state index contributed by atoms with van der Waals surface area (Å²) in [6.07, 6.45) is 9.80. The summed E-state index contributed by atoms with van der Waals surface area (Å²) in [6, 6.07) is 14.1. The van der Waals surface area contributed by atoms with Crippen LogP contribution in [0.15, 0.2) is 72.5 Å². The molecule has 0 spiro atoms. The standard InChI is InChI=1S/C21H17N7/c1-22-9-6-15-10-16(27-13-25-18-4-2-7-23-20(18)27)12-17(11-15)28-14-26-19-5-3-8-24-21(19)28/h2-5,7-14H,6H2,1H3/b22-9-. The lowest BCUT2D eigenvalue weighted by molar-refractivity contribution is 1.03. The van der Waals surface area contributed by atoms with Gasteiger partial charge < -0.3 is 4.99 Å². The number of rotatable bonds is 4. The number of nitrogens with zero attached hydrogens (tertiary/aromatic N) is 7. The Morgan fingerprint density at radius 3 is 1.93 bits per heavy atom. The van der Waals surface area contributed by atoms with Crippen molar-refractivity contribution < 1.29 is 0 Å². The van der Waals surface area contributed by atoms with Crippen LogP contribution in [0.2, 0.25) is 0 Å². The molecule has 0 bridgehead atoms. The smallest absolute Gasteiger partial charge is 0.164 e. The van der Waals surface area contributed by atoms with Crippen LogP contribution < -0.4 is 0 Å². The van der Waals surface area contributed by atoms with Gasteiger partial charge in [-0.3, -0.25) is 9.13 Å². The van der Waals surface area contributed by atoms with Crippen LogP contribution in [0.4, 0.5) is 0 Å². The first kappa shape index (κ1) is 16.3. The third kappa shape index (κ3) is 2.73. The van der Waals surface area contributed by atoms with Crippen molar-refractivity contribution in [1.29, 1.82) is 0 Å². The zero-order valence-corrected chi connectivity index (χ0v) is 15.3. The minimum atomic E-state index is 0.734. The molecule has 0 atom stereocenters. The number of pyridine rings is 2. The fourth-order valence-corrected chi connectivity index (χ4v) is 3.33. The monoisotopic (exact) mass is 367 g/mol. The summed E-state index contributed by atoms with van der Waals surface area (Å²) in [7, 11) is 1.78. The van der Waals surface area contributed by atoms with E-state index in [1.54, 1.807) is 32.1 Å². The molecule has 136 valence electrons. The van der Waals surface area contributed by atoms with Crippen molar-refractivity contribution in [3.05, 3.63) is 73.1 Å². The van der Waals surface area contributed by atoms with Crippen LogP contribution in [0.25, 0.3) is 33.7 Å². The molecule has 0 aliphatic heterocycles. The molecule has 5 aromatic rings. The van der Waals surface area contributed by atoms with Gasteiger partial charge in [0.25, 0.3) is 0 Å². The van der Waals surface area contributed by atoms with Gasteiger partial charge in [-0.05, 0) is 48.0 Å². The van der Waals surface area contributed by atoms with Crippen molar-refractivity contribution in [1.82, 2.24) is 29.1 Å². The highest BCUT2D eigenvalue weighted by Crippen LogP contribution is 2.23. The van der Waals surface area contributed by atoms with Gasteiger partial charge in [0.05, 0.1) is 11.4 Å². The Hall–Kier alpha value is -3.87. The molecule has 0 unspecified atom stereocenters. The van der Waals surface area contributed by atoms with Crippen LogP contribution in [-0.2, 0) is 6.42 Å². The highest BCUT2D eigenvalue weighted by molar-refractivity contribution is 5.75. The quantitative estimate of drug-likeness (QED) is 0.456. The Morgan fingerprint density at radius 1 is 0.821 bits per heavy atom. The lowest BCUT2D eigenvalue weighted by atomic mass is 10.1. The molecule has 0 saturated heterocycles. The van der Waals surface area contributed by atoms with E-state index >= 15 is 0 Å². The van der Waals surface area contributed by atoms with Crippen molar-refractivity contribution >= 4 is 28.5 Å². The van der Waals surface area contributed by atoms with Crippen LogP contribution in [0, 0.1) is 0 Å². The van der Waals surface area contributed by atoms with E-state index < -0.39 is 0 Å². The maximum atomic E-state index is 4.49. The predicted molar refractivity (Wildman–Crippen MR) is 109 cm³/mol. The Bertz CT molecular complexity index is 1220. The van der Waals surface area contributed by atoms with Crippen molar-refractivity contribution in [2.75, 3.05) is 7.05 Å². The van der Waals surface area contributed by atoms with Crippen LogP contribution in [0.3, 0.4) is 0 Å². The second kappa shape index (κ2) is 6.70. The highest BCUT2D eigenvalue weighted by atomic mass is 15.1. The average Bonchev–Trinajstić information content (AvgIpc) is 3.36. The lowest BCUT2D eigenvalue weighted by Gasteiger charge is -2.11. The normalized spacial score (nSPS) is 11.8. The molecule has 0 aliphatic rings. The van der Waals surface area contributed by atoms with E-state index in [0.29, 0.717) is 0 Å². The summed E-state index contributed by atoms with van der Waals surface area (Å²) >= 11 is 0. The Kier molecular flexibility index (Phi) is 3.90. The number of aliphatic imine (C=N–C) groups is 1. The zero-order valence-electron chi connectivity index (χ0n) is 15.3. The summed E-state index contributed by atoms with van der Waals surface area (Å²) in [6.45, 7) is 0. The van der Waals surface area contributed by atoms with Crippen LogP contribution in [0.1, 0.15) is 5.56 Å². The van der Waals surface area contributed by atoms with E-state index in [0.717, 1.165) is 45.7 Å². The average molecular weight is 367 g/mol. The van der Waals surface area contributed by atoms with E-state index in [-0.39, 0.29) is 0 Å². The van der Waals surface area contributed by atoms with Crippen molar-refractivity contribution in [2.24, 2.45) is 4.99 Å². The number of imidazole rings is 2. The molecule has 7 nitrogen and oxygen atoms in total. The number of hydrogen-bond donors (Lipinski definition) is 0. The SMILES string of the molecule is C/N=C\Cc1cc(-n2cnc3cccnc32)cc(-n2cnc3cccnc32)c1. The molecule has 4 aromatic heterocycles. The van der Waals surface area contributed by atoms with Crippen molar-refractivity contribution in [2.45, 2.75) is 6.42 Å². The zero-order chi connectivity index (χ0) is 18.9. The Balaban J connectivity index is 1.72. The largest absolute Gasteiger partial charge is 0.301 e. The van der Waals surface area contributed by atoms with Gasteiger partial charge in [-0.2, -0.15) is 0 Å². The molecule has 0 radical (unpaired) electrons. The van der Waals surface area contributed by atoms with Crippen molar-refractivity contribution in [3.8, 4) is 11.4 Å². The van der Waals surface area contributed by atoms with Gasteiger partial charge in [0, 0.05) is 32.1 Å². The summed E-state index contributed by atoms with van der Waals surface area (Å²) in [4.78, 5) is 22.1. The molecule has 0 saturated carbocycles. The minimum Gasteiger partial charge on any atom is -0.301 e. The van der Waals surface area contributed by atoms with E-state index in [1.165, 1.54) is 0 Å². The van der Waals surface area contributed by atoms with E-state index in [2.05, 4.69) is 43.1 Å². The van der Waals surface area contributed by atoms with Gasteiger partial charge in [0.1, 0.15) is 23.7 Å². The van der Waals surface area contributed by atoms with Gasteiger partial charge >= 0.3 is 0 Å². The van der Waals surface area contributed by atoms with Crippen molar-refractivity contribution in [3.63, 3.8) is 0 Å². The maximum Gasteiger partial charge on any atom is 0.164 e. The molecule has 0 aliphatic carbocycles. The van der Waals surface area contributed by atoms with Gasteiger partial charge in [-0.1, -0.05) is 0 Å². The van der Waals surface area contributed by atoms with E-state index in [4.69, 9.17) is 0 Å². The first-order chi connectivity index (χ1) is 13.8. The summed E-state index contributed by atoms with van der Waals surface area (Å²) in [5, 5.41) is 0. The number of aromatic nitrogens is 6. The molecule has 0 amide bonds. The number of fused-ring (bicyclic) bond motifs is 2. The van der Waals surface area contributed by atoms with E-state index in [1.807, 2.05) is 39.6 Å². The first-order valence-corrected chi connectivity index (χ1v) is 8.95. The van der Waals surface area contributed by atoms with Crippen LogP contribution in [0.5, 0.6) is 0 Å². The molecule has 4 heterocycles. The molecule has 0 N–H and O–H groups in total. The summed E-state index contributed by atoms with van der Waals surface area (Å²) < 4.78 is 4.00. The Labute approximate surface area is 161 Å². The van der Waals surface area contributed by atoms with Crippen LogP contribution in [-0.4, -0.2) is 42.3 Å². The maximum absolute atomic E-state index is 4.49. The highest BCUT2D eigenvalue weighted by Gasteiger charge is 2.11. The van der Waals surface area contributed by atoms with Gasteiger partial charge in [0.15, 0.2) is 11.3 Å². The number of hydrogen-bond acceptors (Lipinski definition) is 5. The molecule has 28 heavy (non-hydrogen) atoms. The predicted octanol–water partition coefficient (Wildman–Crippen LogP) is 3.40. The fourth-order valence-electron chi connectivity index (χ4n) is 3.33. The summed E-state index contributed by atoms with van der Waals surface area (Å²) in [5.41, 5.74) is 6.46. The molecule has 1 aromatic carbocycles. The number of benzene rings is 1. The molecule has 7 heteroatoms. The third-order valence-electron chi connectivity index (χ3n) is 4.64. The lowest BCUT2D eigenvalue weighted by Crippen LogP contribution is -2.01. The Morgan fingerprint density at radius 2 is 1.39 bits per heavy atom. The van der Waals surface area contributed by atoms with Crippen LogP contribution >= 0.6 is 0 Å². The van der Waals surface area contributed by atoms with Gasteiger partial charge in [-0.25, -0.2) is 19.9 Å². The molecule has 5 rings (SSSR count). The second-order valence-electron chi connectivity index (χ2n) is 6.42. The van der Waals surface area contributed by atoms with E-state index in [9.17, 15) is 0 Å². The third-order valence-corrected chi connectivity index (χ3v) is 4.64. The molecular formula is C21H17N7. The second-order valence-corrected chi connectivity index (χ2v) is 6.42. The van der Waals surface area contributed by atoms with Gasteiger partial charge in [-0.15, -0.1) is 0 Å². The topological polar surface area (TPSA) is 73.8 Å². The summed E-state index contributed by atoms with van der Waals surface area (Å²) in [5.74, 6) is 0.